The van der Waals surface area contributed by atoms with Crippen molar-refractivity contribution < 1.29 is 9.21 Å². The monoisotopic (exact) mass is 364 g/mol. The Kier molecular flexibility index (Phi) is 4.35. The van der Waals surface area contributed by atoms with E-state index in [0.717, 1.165) is 24.1 Å². The van der Waals surface area contributed by atoms with Crippen LogP contribution in [0.2, 0.25) is 0 Å². The number of aromatic nitrogens is 2. The highest BCUT2D eigenvalue weighted by Gasteiger charge is 2.24. The fourth-order valence-electron chi connectivity index (χ4n) is 3.31. The van der Waals surface area contributed by atoms with Crippen LogP contribution in [-0.4, -0.2) is 36.0 Å². The third kappa shape index (κ3) is 3.40. The molecule has 2 heterocycles. The second-order valence-corrected chi connectivity index (χ2v) is 6.92. The van der Waals surface area contributed by atoms with Gasteiger partial charge in [-0.3, -0.25) is 9.59 Å². The minimum Gasteiger partial charge on any atom is -0.451 e. The predicted molar refractivity (Wildman–Crippen MR) is 102 cm³/mol. The molecule has 3 aromatic rings. The van der Waals surface area contributed by atoms with E-state index in [9.17, 15) is 9.59 Å². The maximum Gasteiger partial charge on any atom is 0.287 e. The van der Waals surface area contributed by atoms with Crippen LogP contribution in [0.25, 0.3) is 11.0 Å². The number of nitrogens with zero attached hydrogens (tertiary/aromatic N) is 3. The molecular formula is C20H20N4O3. The molecule has 0 aliphatic heterocycles. The molecule has 1 amide bonds. The number of para-hydroxylation sites is 1. The number of carbonyl (C=O) groups excluding carboxylic acids is 1. The van der Waals surface area contributed by atoms with Gasteiger partial charge in [0.25, 0.3) is 5.91 Å². The Morgan fingerprint density at radius 2 is 2.11 bits per heavy atom. The lowest BCUT2D eigenvalue weighted by Gasteiger charge is -2.25. The summed E-state index contributed by atoms with van der Waals surface area (Å²) >= 11 is 0. The Hall–Kier alpha value is -3.22. The summed E-state index contributed by atoms with van der Waals surface area (Å²) < 4.78 is 5.62. The Labute approximate surface area is 156 Å². The quantitative estimate of drug-likeness (QED) is 0.764. The summed E-state index contributed by atoms with van der Waals surface area (Å²) in [5.74, 6) is 0.343. The van der Waals surface area contributed by atoms with Gasteiger partial charge in [-0.2, -0.15) is 0 Å². The number of nitrogens with one attached hydrogen (secondary N) is 1. The molecule has 0 bridgehead atoms. The van der Waals surface area contributed by atoms with E-state index < -0.39 is 0 Å². The molecule has 1 aliphatic carbocycles. The molecule has 1 atom stereocenters. The summed E-state index contributed by atoms with van der Waals surface area (Å²) in [7, 11) is 3.82. The number of amides is 1. The van der Waals surface area contributed by atoms with E-state index in [0.29, 0.717) is 23.3 Å². The van der Waals surface area contributed by atoms with Crippen LogP contribution in [0, 0.1) is 0 Å². The second kappa shape index (κ2) is 6.83. The molecule has 0 saturated heterocycles. The number of aryl methyl sites for hydroxylation is 1. The van der Waals surface area contributed by atoms with Crippen molar-refractivity contribution in [1.82, 2.24) is 15.3 Å². The largest absolute Gasteiger partial charge is 0.451 e. The number of carbonyl (C=O) groups is 1. The number of hydrogen-bond acceptors (Lipinski definition) is 6. The van der Waals surface area contributed by atoms with E-state index in [1.54, 1.807) is 24.3 Å². The molecule has 4 rings (SSSR count). The van der Waals surface area contributed by atoms with Gasteiger partial charge in [0.15, 0.2) is 11.2 Å². The average Bonchev–Trinajstić information content (AvgIpc) is 2.67. The zero-order chi connectivity index (χ0) is 19.0. The zero-order valence-electron chi connectivity index (χ0n) is 15.2. The molecule has 1 aliphatic rings. The van der Waals surface area contributed by atoms with Gasteiger partial charge in [-0.15, -0.1) is 0 Å². The highest BCUT2D eigenvalue weighted by atomic mass is 16.3. The Morgan fingerprint density at radius 3 is 2.93 bits per heavy atom. The van der Waals surface area contributed by atoms with Crippen molar-refractivity contribution in [2.45, 2.75) is 25.3 Å². The van der Waals surface area contributed by atoms with Gasteiger partial charge in [0.05, 0.1) is 5.39 Å². The lowest BCUT2D eigenvalue weighted by Crippen LogP contribution is -2.39. The van der Waals surface area contributed by atoms with Crippen LogP contribution >= 0.6 is 0 Å². The van der Waals surface area contributed by atoms with Crippen molar-refractivity contribution in [1.29, 1.82) is 0 Å². The first kappa shape index (κ1) is 17.2. The molecule has 1 unspecified atom stereocenters. The van der Waals surface area contributed by atoms with Crippen LogP contribution in [-0.2, 0) is 12.8 Å². The number of anilines is 1. The fourth-order valence-corrected chi connectivity index (χ4v) is 3.31. The first-order valence-electron chi connectivity index (χ1n) is 8.87. The Morgan fingerprint density at radius 1 is 1.30 bits per heavy atom. The van der Waals surface area contributed by atoms with Gasteiger partial charge in [0.1, 0.15) is 5.58 Å². The van der Waals surface area contributed by atoms with E-state index in [1.165, 1.54) is 6.07 Å². The molecule has 1 aromatic carbocycles. The minimum absolute atomic E-state index is 0.0312. The Balaban J connectivity index is 1.52. The van der Waals surface area contributed by atoms with E-state index in [-0.39, 0.29) is 23.1 Å². The average molecular weight is 364 g/mol. The van der Waals surface area contributed by atoms with Crippen molar-refractivity contribution in [3.05, 3.63) is 63.8 Å². The molecule has 0 radical (unpaired) electrons. The molecule has 27 heavy (non-hydrogen) atoms. The summed E-state index contributed by atoms with van der Waals surface area (Å²) in [5.41, 5.74) is 2.25. The Bertz CT molecular complexity index is 1070. The summed E-state index contributed by atoms with van der Waals surface area (Å²) in [5, 5.41) is 3.43. The van der Waals surface area contributed by atoms with Crippen LogP contribution in [0.5, 0.6) is 0 Å². The summed E-state index contributed by atoms with van der Waals surface area (Å²) in [6.07, 6.45) is 4.03. The molecule has 7 nitrogen and oxygen atoms in total. The van der Waals surface area contributed by atoms with Gasteiger partial charge >= 0.3 is 0 Å². The molecule has 0 spiro atoms. The number of benzene rings is 1. The number of hydrogen-bond donors (Lipinski definition) is 1. The van der Waals surface area contributed by atoms with Gasteiger partial charge in [-0.1, -0.05) is 12.1 Å². The highest BCUT2D eigenvalue weighted by Crippen LogP contribution is 2.21. The van der Waals surface area contributed by atoms with E-state index in [1.807, 2.05) is 25.2 Å². The second-order valence-electron chi connectivity index (χ2n) is 6.92. The molecule has 7 heteroatoms. The normalized spacial score (nSPS) is 16.0. The lowest BCUT2D eigenvalue weighted by molar-refractivity contribution is 0.0906. The topological polar surface area (TPSA) is 88.3 Å². The standard InChI is InChI=1S/C20H20N4O3/c1-24(2)20-21-11-12-9-13(7-8-15(12)23-20)22-19(26)18-10-16(25)14-5-3-4-6-17(14)27-18/h3-6,10-11,13H,7-9H2,1-2H3,(H,22,26). The first-order valence-corrected chi connectivity index (χ1v) is 8.87. The maximum atomic E-state index is 12.6. The van der Waals surface area contributed by atoms with E-state index in [2.05, 4.69) is 15.3 Å². The third-order valence-corrected chi connectivity index (χ3v) is 4.73. The maximum absolute atomic E-state index is 12.6. The van der Waals surface area contributed by atoms with Gasteiger partial charge in [-0.25, -0.2) is 9.97 Å². The van der Waals surface area contributed by atoms with E-state index >= 15 is 0 Å². The number of rotatable bonds is 3. The minimum atomic E-state index is -0.378. The smallest absolute Gasteiger partial charge is 0.287 e. The third-order valence-electron chi connectivity index (χ3n) is 4.73. The van der Waals surface area contributed by atoms with Crippen LogP contribution in [0.4, 0.5) is 5.95 Å². The van der Waals surface area contributed by atoms with Crippen molar-refractivity contribution in [2.75, 3.05) is 19.0 Å². The predicted octanol–water partition coefficient (Wildman–Crippen LogP) is 1.94. The van der Waals surface area contributed by atoms with Crippen molar-refractivity contribution in [2.24, 2.45) is 0 Å². The fraction of sp³-hybridized carbons (Fsp3) is 0.300. The van der Waals surface area contributed by atoms with Crippen LogP contribution in [0.15, 0.2) is 45.7 Å². The van der Waals surface area contributed by atoms with Crippen LogP contribution in [0.1, 0.15) is 28.2 Å². The van der Waals surface area contributed by atoms with Crippen LogP contribution in [0.3, 0.4) is 0 Å². The zero-order valence-corrected chi connectivity index (χ0v) is 15.2. The van der Waals surface area contributed by atoms with Gasteiger partial charge in [0.2, 0.25) is 5.95 Å². The molecule has 1 N–H and O–H groups in total. The van der Waals surface area contributed by atoms with Crippen LogP contribution < -0.4 is 15.6 Å². The van der Waals surface area contributed by atoms with E-state index in [4.69, 9.17) is 4.42 Å². The summed E-state index contributed by atoms with van der Waals surface area (Å²) in [6, 6.07) is 8.11. The van der Waals surface area contributed by atoms with Gasteiger partial charge < -0.3 is 14.6 Å². The highest BCUT2D eigenvalue weighted by molar-refractivity contribution is 5.93. The molecule has 138 valence electrons. The molecule has 2 aromatic heterocycles. The SMILES string of the molecule is CN(C)c1ncc2c(n1)CCC(NC(=O)c1cc(=O)c3ccccc3o1)C2. The summed E-state index contributed by atoms with van der Waals surface area (Å²) in [6.45, 7) is 0. The lowest BCUT2D eigenvalue weighted by atomic mass is 9.93. The van der Waals surface area contributed by atoms with Crippen molar-refractivity contribution in [3.8, 4) is 0 Å². The molecule has 0 fully saturated rings. The first-order chi connectivity index (χ1) is 13.0. The van der Waals surface area contributed by atoms with Crippen molar-refractivity contribution >= 4 is 22.8 Å². The molecule has 0 saturated carbocycles. The molecular weight excluding hydrogens is 344 g/mol. The van der Waals surface area contributed by atoms with Gasteiger partial charge in [0, 0.05) is 38.1 Å². The summed E-state index contributed by atoms with van der Waals surface area (Å²) in [4.78, 5) is 35.6. The van der Waals surface area contributed by atoms with Gasteiger partial charge in [-0.05, 0) is 37.0 Å². The van der Waals surface area contributed by atoms with Crippen molar-refractivity contribution in [3.63, 3.8) is 0 Å². The number of fused-ring (bicyclic) bond motifs is 2.